The Kier molecular flexibility index (Phi) is 9.42. The van der Waals surface area contributed by atoms with Crippen LogP contribution in [0, 0.1) is 0 Å². The summed E-state index contributed by atoms with van der Waals surface area (Å²) < 4.78 is 32.5. The molecule has 5 nitrogen and oxygen atoms in total. The van der Waals surface area contributed by atoms with Crippen LogP contribution in [0.25, 0.3) is 0 Å². The first-order valence-corrected chi connectivity index (χ1v) is 9.49. The van der Waals surface area contributed by atoms with Crippen LogP contribution in [-0.4, -0.2) is 40.1 Å². The molecule has 0 aromatic rings. The summed E-state index contributed by atoms with van der Waals surface area (Å²) >= 11 is 0. The number of unbranched alkanes of at least 4 members (excludes halogenated alkanes) is 6. The van der Waals surface area contributed by atoms with Gasteiger partial charge in [-0.25, -0.2) is 13.6 Å². The third kappa shape index (κ3) is 10.6. The van der Waals surface area contributed by atoms with Gasteiger partial charge in [0.2, 0.25) is 10.0 Å². The maximum atomic E-state index is 10.7. The molecule has 1 rings (SSSR count). The molecule has 0 spiro atoms. The molecule has 0 amide bonds. The summed E-state index contributed by atoms with van der Waals surface area (Å²) in [6.07, 6.45) is 9.88. The molecule has 0 saturated carbocycles. The minimum Gasteiger partial charge on any atom is -0.381 e. The van der Waals surface area contributed by atoms with Crippen LogP contribution in [0.15, 0.2) is 0 Å². The van der Waals surface area contributed by atoms with Crippen molar-refractivity contribution in [1.29, 1.82) is 0 Å². The smallest absolute Gasteiger partial charge is 0.209 e. The van der Waals surface area contributed by atoms with Gasteiger partial charge in [-0.1, -0.05) is 32.1 Å². The van der Waals surface area contributed by atoms with Gasteiger partial charge in [0.1, 0.15) is 0 Å². The van der Waals surface area contributed by atoms with E-state index < -0.39 is 10.0 Å². The van der Waals surface area contributed by atoms with Gasteiger partial charge in [0.25, 0.3) is 0 Å². The van der Waals surface area contributed by atoms with Gasteiger partial charge < -0.3 is 9.47 Å². The number of nitrogens with two attached hydrogens (primary N) is 1. The number of hydrogen-bond donors (Lipinski definition) is 1. The van der Waals surface area contributed by atoms with E-state index in [0.29, 0.717) is 12.5 Å². The monoisotopic (exact) mass is 307 g/mol. The summed E-state index contributed by atoms with van der Waals surface area (Å²) in [5.41, 5.74) is 0. The largest absolute Gasteiger partial charge is 0.381 e. The van der Waals surface area contributed by atoms with Crippen LogP contribution in [-0.2, 0) is 19.5 Å². The van der Waals surface area contributed by atoms with Crippen LogP contribution < -0.4 is 5.14 Å². The maximum Gasteiger partial charge on any atom is 0.209 e. The van der Waals surface area contributed by atoms with Gasteiger partial charge in [-0.2, -0.15) is 0 Å². The molecule has 20 heavy (non-hydrogen) atoms. The molecule has 1 saturated heterocycles. The first-order valence-electron chi connectivity index (χ1n) is 7.78. The van der Waals surface area contributed by atoms with Gasteiger partial charge in [0, 0.05) is 19.8 Å². The minimum absolute atomic E-state index is 0.117. The fraction of sp³-hybridized carbons (Fsp3) is 1.00. The van der Waals surface area contributed by atoms with Crippen molar-refractivity contribution in [1.82, 2.24) is 0 Å². The molecule has 6 heteroatoms. The Morgan fingerprint density at radius 1 is 0.950 bits per heavy atom. The Hall–Kier alpha value is -0.170. The van der Waals surface area contributed by atoms with Crippen molar-refractivity contribution in [3.05, 3.63) is 0 Å². The molecular weight excluding hydrogens is 278 g/mol. The standard InChI is InChI=1S/C14H29NO4S/c15-20(16,17)13-7-5-3-1-2-4-6-10-19-14-8-11-18-12-9-14/h14H,1-13H2,(H2,15,16,17). The molecule has 120 valence electrons. The minimum atomic E-state index is -3.27. The number of sulfonamides is 1. The highest BCUT2D eigenvalue weighted by Crippen LogP contribution is 2.12. The van der Waals surface area contributed by atoms with Crippen molar-refractivity contribution in [3.8, 4) is 0 Å². The topological polar surface area (TPSA) is 78.6 Å². The fourth-order valence-corrected chi connectivity index (χ4v) is 2.99. The van der Waals surface area contributed by atoms with Gasteiger partial charge in [-0.15, -0.1) is 0 Å². The predicted octanol–water partition coefficient (Wildman–Crippen LogP) is 2.20. The Morgan fingerprint density at radius 3 is 2.10 bits per heavy atom. The molecule has 1 heterocycles. The number of rotatable bonds is 11. The van der Waals surface area contributed by atoms with E-state index in [2.05, 4.69) is 0 Å². The lowest BCUT2D eigenvalue weighted by Gasteiger charge is -2.22. The maximum absolute atomic E-state index is 10.7. The lowest BCUT2D eigenvalue weighted by Crippen LogP contribution is -2.23. The van der Waals surface area contributed by atoms with Crippen molar-refractivity contribution in [2.75, 3.05) is 25.6 Å². The summed E-state index contributed by atoms with van der Waals surface area (Å²) in [6.45, 7) is 2.53. The van der Waals surface area contributed by atoms with E-state index in [4.69, 9.17) is 14.6 Å². The average Bonchev–Trinajstić information content (AvgIpc) is 2.41. The molecule has 1 aliphatic rings. The predicted molar refractivity (Wildman–Crippen MR) is 80.1 cm³/mol. The van der Waals surface area contributed by atoms with E-state index in [1.165, 1.54) is 19.3 Å². The third-order valence-electron chi connectivity index (χ3n) is 3.60. The first kappa shape index (κ1) is 17.9. The Labute approximate surface area is 123 Å². The van der Waals surface area contributed by atoms with E-state index in [1.807, 2.05) is 0 Å². The molecule has 0 aromatic heterocycles. The number of hydrogen-bond acceptors (Lipinski definition) is 4. The van der Waals surface area contributed by atoms with Crippen molar-refractivity contribution in [3.63, 3.8) is 0 Å². The molecule has 1 aliphatic heterocycles. The summed E-state index contributed by atoms with van der Waals surface area (Å²) in [5.74, 6) is 0.117. The molecule has 0 unspecified atom stereocenters. The van der Waals surface area contributed by atoms with Gasteiger partial charge in [0.15, 0.2) is 0 Å². The molecule has 1 fully saturated rings. The van der Waals surface area contributed by atoms with E-state index in [9.17, 15) is 8.42 Å². The Bertz CT molecular complexity index is 326. The van der Waals surface area contributed by atoms with E-state index >= 15 is 0 Å². The second kappa shape index (κ2) is 10.5. The van der Waals surface area contributed by atoms with Crippen molar-refractivity contribution in [2.24, 2.45) is 5.14 Å². The zero-order valence-corrected chi connectivity index (χ0v) is 13.2. The molecule has 0 bridgehead atoms. The highest BCUT2D eigenvalue weighted by molar-refractivity contribution is 7.89. The summed E-state index contributed by atoms with van der Waals surface area (Å²) in [5, 5.41) is 4.94. The van der Waals surface area contributed by atoms with Crippen LogP contribution in [0.4, 0.5) is 0 Å². The molecular formula is C14H29NO4S. The number of primary sulfonamides is 1. The van der Waals surface area contributed by atoms with Gasteiger partial charge in [-0.3, -0.25) is 0 Å². The molecule has 2 N–H and O–H groups in total. The lowest BCUT2D eigenvalue weighted by atomic mass is 10.1. The second-order valence-electron chi connectivity index (χ2n) is 5.52. The van der Waals surface area contributed by atoms with Crippen LogP contribution in [0.2, 0.25) is 0 Å². The summed E-state index contributed by atoms with van der Waals surface area (Å²) in [4.78, 5) is 0. The third-order valence-corrected chi connectivity index (χ3v) is 4.45. The molecule has 0 radical (unpaired) electrons. The number of ether oxygens (including phenoxy) is 2. The van der Waals surface area contributed by atoms with E-state index in [0.717, 1.165) is 51.9 Å². The first-order chi connectivity index (χ1) is 9.58. The van der Waals surface area contributed by atoms with E-state index in [-0.39, 0.29) is 5.75 Å². The quantitative estimate of drug-likeness (QED) is 0.594. The van der Waals surface area contributed by atoms with Crippen molar-refractivity contribution in [2.45, 2.75) is 63.9 Å². The van der Waals surface area contributed by atoms with Gasteiger partial charge >= 0.3 is 0 Å². The highest BCUT2D eigenvalue weighted by Gasteiger charge is 2.13. The van der Waals surface area contributed by atoms with E-state index in [1.54, 1.807) is 0 Å². The summed E-state index contributed by atoms with van der Waals surface area (Å²) in [7, 11) is -3.27. The SMILES string of the molecule is NS(=O)(=O)CCCCCCCCCOC1CCOCC1. The fourth-order valence-electron chi connectivity index (χ4n) is 2.38. The normalized spacial score (nSPS) is 17.4. The second-order valence-corrected chi connectivity index (χ2v) is 7.26. The van der Waals surface area contributed by atoms with Crippen LogP contribution in [0.3, 0.4) is 0 Å². The van der Waals surface area contributed by atoms with Crippen LogP contribution in [0.5, 0.6) is 0 Å². The molecule has 0 atom stereocenters. The Morgan fingerprint density at radius 2 is 1.50 bits per heavy atom. The molecule has 0 aromatic carbocycles. The summed E-state index contributed by atoms with van der Waals surface area (Å²) in [6, 6.07) is 0. The molecule has 0 aliphatic carbocycles. The average molecular weight is 307 g/mol. The van der Waals surface area contributed by atoms with Crippen molar-refractivity contribution < 1.29 is 17.9 Å². The van der Waals surface area contributed by atoms with Crippen LogP contribution in [0.1, 0.15) is 57.8 Å². The van der Waals surface area contributed by atoms with Gasteiger partial charge in [-0.05, 0) is 25.7 Å². The Balaban J connectivity index is 1.78. The zero-order chi connectivity index (χ0) is 14.7. The van der Waals surface area contributed by atoms with Crippen molar-refractivity contribution >= 4 is 10.0 Å². The zero-order valence-electron chi connectivity index (χ0n) is 12.4. The highest BCUT2D eigenvalue weighted by atomic mass is 32.2. The van der Waals surface area contributed by atoms with Gasteiger partial charge in [0.05, 0.1) is 11.9 Å². The van der Waals surface area contributed by atoms with Crippen LogP contribution >= 0.6 is 0 Å². The lowest BCUT2D eigenvalue weighted by molar-refractivity contribution is -0.0327.